The lowest BCUT2D eigenvalue weighted by molar-refractivity contribution is 0.144. The minimum Gasteiger partial charge on any atom is -0.239 e. The van der Waals surface area contributed by atoms with Gasteiger partial charge in [0, 0.05) is 24.0 Å². The van der Waals surface area contributed by atoms with Gasteiger partial charge in [-0.1, -0.05) is 84.9 Å². The number of benzene rings is 5. The van der Waals surface area contributed by atoms with E-state index in [1.54, 1.807) is 12.1 Å². The van der Waals surface area contributed by atoms with E-state index in [0.717, 1.165) is 43.8 Å². The monoisotopic (exact) mass is 534 g/mol. The molecular formula is C36H26F4. The van der Waals surface area contributed by atoms with Gasteiger partial charge in [-0.05, 0) is 80.6 Å². The van der Waals surface area contributed by atoms with Crippen LogP contribution in [0.3, 0.4) is 0 Å². The summed E-state index contributed by atoms with van der Waals surface area (Å²) in [7, 11) is 0. The third-order valence-corrected chi connectivity index (χ3v) is 10.4. The summed E-state index contributed by atoms with van der Waals surface area (Å²) in [5.74, 6) is 0. The predicted octanol–water partition coefficient (Wildman–Crippen LogP) is 10.4. The van der Waals surface area contributed by atoms with Crippen LogP contribution in [0.4, 0.5) is 17.6 Å². The molecule has 4 bridgehead atoms. The maximum absolute atomic E-state index is 16.4. The lowest BCUT2D eigenvalue weighted by Crippen LogP contribution is -2.18. The first kappa shape index (κ1) is 23.1. The Morgan fingerprint density at radius 3 is 1.12 bits per heavy atom. The molecule has 0 radical (unpaired) electrons. The topological polar surface area (TPSA) is 0 Å². The molecule has 2 fully saturated rings. The van der Waals surface area contributed by atoms with E-state index in [1.165, 1.54) is 0 Å². The van der Waals surface area contributed by atoms with Gasteiger partial charge >= 0.3 is 0 Å². The molecule has 4 heteroatoms. The van der Waals surface area contributed by atoms with Crippen LogP contribution in [0.1, 0.15) is 60.8 Å². The van der Waals surface area contributed by atoms with Crippen molar-refractivity contribution in [2.24, 2.45) is 0 Å². The highest BCUT2D eigenvalue weighted by Gasteiger charge is 2.61. The zero-order valence-electron chi connectivity index (χ0n) is 21.8. The molecule has 0 heterocycles. The van der Waals surface area contributed by atoms with Gasteiger partial charge in [0.15, 0.2) is 0 Å². The number of rotatable bonds is 2. The standard InChI is InChI=1S/C36H26F4/c37-33-15-17-35(39,19-33)31-25(11-5-13-27(31)33)29-21-7-1-2-8-22(21)30(24-10-4-3-9-23(24)29)26-12-6-14-28-32(26)36(40)18-16-34(28,38)20-36/h1-14H,15-20H2. The molecule has 40 heavy (non-hydrogen) atoms. The molecule has 0 amide bonds. The normalized spacial score (nSPS) is 31.3. The highest BCUT2D eigenvalue weighted by atomic mass is 19.2. The molecule has 4 aliphatic rings. The molecule has 0 aromatic heterocycles. The summed E-state index contributed by atoms with van der Waals surface area (Å²) in [4.78, 5) is 0. The lowest BCUT2D eigenvalue weighted by Gasteiger charge is -2.28. The second-order valence-electron chi connectivity index (χ2n) is 12.5. The van der Waals surface area contributed by atoms with Crippen molar-refractivity contribution in [3.8, 4) is 22.3 Å². The van der Waals surface area contributed by atoms with Crippen LogP contribution >= 0.6 is 0 Å². The molecule has 4 unspecified atom stereocenters. The van der Waals surface area contributed by atoms with Gasteiger partial charge in [0.2, 0.25) is 0 Å². The Hall–Kier alpha value is -3.66. The molecule has 0 spiro atoms. The highest BCUT2D eigenvalue weighted by molar-refractivity contribution is 6.22. The van der Waals surface area contributed by atoms with Crippen LogP contribution in [-0.4, -0.2) is 0 Å². The van der Waals surface area contributed by atoms with E-state index >= 15 is 17.6 Å². The summed E-state index contributed by atoms with van der Waals surface area (Å²) in [6.45, 7) is 0. The van der Waals surface area contributed by atoms with E-state index < -0.39 is 22.7 Å². The van der Waals surface area contributed by atoms with Crippen molar-refractivity contribution >= 4 is 21.5 Å². The zero-order chi connectivity index (χ0) is 27.1. The third kappa shape index (κ3) is 2.64. The van der Waals surface area contributed by atoms with Crippen molar-refractivity contribution in [2.45, 2.75) is 61.2 Å². The summed E-state index contributed by atoms with van der Waals surface area (Å²) in [6.07, 6.45) is 0.531. The molecule has 4 aliphatic carbocycles. The first-order valence-electron chi connectivity index (χ1n) is 14.2. The average Bonchev–Trinajstić information content (AvgIpc) is 3.61. The van der Waals surface area contributed by atoms with Gasteiger partial charge in [0.25, 0.3) is 0 Å². The number of hydrogen-bond donors (Lipinski definition) is 0. The van der Waals surface area contributed by atoms with E-state index in [4.69, 9.17) is 0 Å². The number of hydrogen-bond acceptors (Lipinski definition) is 0. The molecule has 198 valence electrons. The van der Waals surface area contributed by atoms with E-state index in [2.05, 4.69) is 0 Å². The summed E-state index contributed by atoms with van der Waals surface area (Å²) >= 11 is 0. The summed E-state index contributed by atoms with van der Waals surface area (Å²) in [6, 6.07) is 26.9. The third-order valence-electron chi connectivity index (χ3n) is 10.4. The van der Waals surface area contributed by atoms with E-state index in [0.29, 0.717) is 22.3 Å². The maximum Gasteiger partial charge on any atom is 0.140 e. The van der Waals surface area contributed by atoms with Crippen LogP contribution < -0.4 is 0 Å². The minimum absolute atomic E-state index is 0.125. The van der Waals surface area contributed by atoms with E-state index in [-0.39, 0.29) is 38.5 Å². The fourth-order valence-electron chi connectivity index (χ4n) is 8.86. The van der Waals surface area contributed by atoms with Crippen molar-refractivity contribution < 1.29 is 17.6 Å². The van der Waals surface area contributed by atoms with Crippen LogP contribution in [0, 0.1) is 0 Å². The second kappa shape index (κ2) is 7.15. The second-order valence-corrected chi connectivity index (χ2v) is 12.5. The van der Waals surface area contributed by atoms with Crippen LogP contribution in [-0.2, 0) is 22.7 Å². The molecule has 5 aromatic carbocycles. The van der Waals surface area contributed by atoms with E-state index in [1.807, 2.05) is 72.8 Å². The average molecular weight is 535 g/mol. The Morgan fingerprint density at radius 1 is 0.400 bits per heavy atom. The number of alkyl halides is 4. The van der Waals surface area contributed by atoms with Crippen LogP contribution in [0.5, 0.6) is 0 Å². The first-order chi connectivity index (χ1) is 19.2. The lowest BCUT2D eigenvalue weighted by atomic mass is 9.78. The molecule has 0 nitrogen and oxygen atoms in total. The van der Waals surface area contributed by atoms with Crippen LogP contribution in [0.2, 0.25) is 0 Å². The van der Waals surface area contributed by atoms with E-state index in [9.17, 15) is 0 Å². The van der Waals surface area contributed by atoms with Crippen molar-refractivity contribution in [3.05, 3.63) is 107 Å². The number of halogens is 4. The van der Waals surface area contributed by atoms with Gasteiger partial charge in [-0.3, -0.25) is 0 Å². The maximum atomic E-state index is 16.4. The van der Waals surface area contributed by atoms with Gasteiger partial charge in [0.1, 0.15) is 22.7 Å². The van der Waals surface area contributed by atoms with Gasteiger partial charge in [-0.2, -0.15) is 0 Å². The van der Waals surface area contributed by atoms with Crippen LogP contribution in [0.15, 0.2) is 84.9 Å². The highest BCUT2D eigenvalue weighted by Crippen LogP contribution is 2.66. The Balaban J connectivity index is 1.42. The van der Waals surface area contributed by atoms with Gasteiger partial charge in [-0.25, -0.2) is 17.6 Å². The van der Waals surface area contributed by atoms with Gasteiger partial charge < -0.3 is 0 Å². The smallest absolute Gasteiger partial charge is 0.140 e. The summed E-state index contributed by atoms with van der Waals surface area (Å²) < 4.78 is 64.6. The minimum atomic E-state index is -1.70. The molecule has 0 N–H and O–H groups in total. The molecule has 2 saturated carbocycles. The quantitative estimate of drug-likeness (QED) is 0.156. The van der Waals surface area contributed by atoms with Crippen molar-refractivity contribution in [2.75, 3.05) is 0 Å². The fourth-order valence-corrected chi connectivity index (χ4v) is 8.86. The molecular weight excluding hydrogens is 508 g/mol. The van der Waals surface area contributed by atoms with Crippen molar-refractivity contribution in [1.82, 2.24) is 0 Å². The molecule has 5 aromatic rings. The SMILES string of the molecule is FC12CCC(F)(C1)c1c(-c3c4ccccc4c(-c4cccc5c4C4(F)CCC5(F)C4)c4ccccc34)cccc12. The number of fused-ring (bicyclic) bond motifs is 12. The molecule has 4 atom stereocenters. The predicted molar refractivity (Wildman–Crippen MR) is 151 cm³/mol. The van der Waals surface area contributed by atoms with Crippen molar-refractivity contribution in [3.63, 3.8) is 0 Å². The van der Waals surface area contributed by atoms with Crippen molar-refractivity contribution in [1.29, 1.82) is 0 Å². The van der Waals surface area contributed by atoms with Crippen LogP contribution in [0.25, 0.3) is 43.8 Å². The summed E-state index contributed by atoms with van der Waals surface area (Å²) in [5.41, 5.74) is -1.58. The largest absolute Gasteiger partial charge is 0.239 e. The Morgan fingerprint density at radius 2 is 0.750 bits per heavy atom. The Kier molecular flexibility index (Phi) is 4.13. The zero-order valence-corrected chi connectivity index (χ0v) is 21.8. The van der Waals surface area contributed by atoms with Gasteiger partial charge in [0.05, 0.1) is 0 Å². The Bertz CT molecular complexity index is 1750. The Labute approximate surface area is 229 Å². The molecule has 0 saturated heterocycles. The molecule has 9 rings (SSSR count). The first-order valence-corrected chi connectivity index (χ1v) is 14.2. The molecule has 0 aliphatic heterocycles. The van der Waals surface area contributed by atoms with Gasteiger partial charge in [-0.15, -0.1) is 0 Å². The summed E-state index contributed by atoms with van der Waals surface area (Å²) in [5, 5.41) is 3.58. The fraction of sp³-hybridized carbons (Fsp3) is 0.278.